The molecule has 0 aliphatic heterocycles. The van der Waals surface area contributed by atoms with Crippen LogP contribution in [0.2, 0.25) is 0 Å². The van der Waals surface area contributed by atoms with Gasteiger partial charge in [0.15, 0.2) is 5.82 Å². The minimum Gasteiger partial charge on any atom is -0.337 e. The molecule has 0 aliphatic rings. The summed E-state index contributed by atoms with van der Waals surface area (Å²) in [4.78, 5) is 24.2. The van der Waals surface area contributed by atoms with E-state index in [-0.39, 0.29) is 33.5 Å². The minimum absolute atomic E-state index is 0.0625. The van der Waals surface area contributed by atoms with Crippen molar-refractivity contribution < 1.29 is 17.6 Å². The Hall–Kier alpha value is -4.09. The highest BCUT2D eigenvalue weighted by Gasteiger charge is 2.18. The monoisotopic (exact) mass is 512 g/mol. The van der Waals surface area contributed by atoms with E-state index in [0.29, 0.717) is 10.9 Å². The smallest absolute Gasteiger partial charge is 0.261 e. The zero-order valence-corrected chi connectivity index (χ0v) is 19.7. The Morgan fingerprint density at radius 3 is 2.54 bits per heavy atom. The van der Waals surface area contributed by atoms with Crippen molar-refractivity contribution in [2.75, 3.05) is 15.4 Å². The number of halogens is 2. The van der Waals surface area contributed by atoms with E-state index in [1.807, 2.05) is 0 Å². The highest BCUT2D eigenvalue weighted by molar-refractivity contribution is 7.92. The van der Waals surface area contributed by atoms with Gasteiger partial charge in [0.2, 0.25) is 5.91 Å². The maximum Gasteiger partial charge on any atom is 0.261 e. The highest BCUT2D eigenvalue weighted by Crippen LogP contribution is 2.30. The Morgan fingerprint density at radius 1 is 1.06 bits per heavy atom. The molecule has 0 saturated carbocycles. The van der Waals surface area contributed by atoms with Crippen molar-refractivity contribution in [1.82, 2.24) is 15.0 Å². The molecule has 0 fully saturated rings. The highest BCUT2D eigenvalue weighted by atomic mass is 35.5. The third-order valence-corrected chi connectivity index (χ3v) is 6.43. The number of carbonyl (C=O) groups excluding carboxylic acids is 1. The molecule has 35 heavy (non-hydrogen) atoms. The lowest BCUT2D eigenvalue weighted by molar-refractivity contribution is -0.111. The maximum absolute atomic E-state index is 15.2. The molecule has 1 amide bonds. The molecule has 0 aliphatic carbocycles. The van der Waals surface area contributed by atoms with Crippen molar-refractivity contribution in [3.63, 3.8) is 0 Å². The van der Waals surface area contributed by atoms with E-state index >= 15 is 4.39 Å². The summed E-state index contributed by atoms with van der Waals surface area (Å²) in [6.45, 7) is 1.46. The number of aromatic nitrogens is 3. The molecule has 0 radical (unpaired) electrons. The second-order valence-electron chi connectivity index (χ2n) is 7.23. The van der Waals surface area contributed by atoms with Gasteiger partial charge in [0.1, 0.15) is 18.0 Å². The first-order chi connectivity index (χ1) is 16.8. The number of rotatable bonds is 7. The lowest BCUT2D eigenvalue weighted by Crippen LogP contribution is -2.14. The van der Waals surface area contributed by atoms with Crippen LogP contribution in [0, 0.1) is 12.7 Å². The van der Waals surface area contributed by atoms with Gasteiger partial charge in [-0.2, -0.15) is 0 Å². The van der Waals surface area contributed by atoms with Crippen molar-refractivity contribution in [2.45, 2.75) is 11.8 Å². The molecule has 9 nitrogen and oxygen atoms in total. The lowest BCUT2D eigenvalue weighted by atomic mass is 10.1. The molecule has 2 aromatic heterocycles. The van der Waals surface area contributed by atoms with Crippen LogP contribution in [0.5, 0.6) is 0 Å². The van der Waals surface area contributed by atoms with Crippen molar-refractivity contribution >= 4 is 61.4 Å². The fourth-order valence-electron chi connectivity index (χ4n) is 3.18. The fraction of sp³-hybridized carbons (Fsp3) is 0.0435. The van der Waals surface area contributed by atoms with E-state index in [0.717, 1.165) is 11.6 Å². The van der Waals surface area contributed by atoms with Gasteiger partial charge in [0.05, 0.1) is 28.0 Å². The summed E-state index contributed by atoms with van der Waals surface area (Å²) in [5.41, 5.74) is 1.79. The Kier molecular flexibility index (Phi) is 6.90. The molecule has 12 heteroatoms. The molecule has 0 saturated heterocycles. The Bertz CT molecular complexity index is 1550. The van der Waals surface area contributed by atoms with Crippen LogP contribution in [0.1, 0.15) is 5.56 Å². The summed E-state index contributed by atoms with van der Waals surface area (Å²) in [5, 5.41) is 5.92. The first kappa shape index (κ1) is 24.0. The molecule has 0 spiro atoms. The number of anilines is 4. The SMILES string of the molecule is Cc1c(NS(=O)(=O)c2ccccc2)ccc(Nc2ncnc3cnc(NC(=O)C=CCl)cc23)c1F. The third kappa shape index (κ3) is 5.36. The van der Waals surface area contributed by atoms with E-state index in [2.05, 4.69) is 30.3 Å². The van der Waals surface area contributed by atoms with E-state index in [4.69, 9.17) is 11.6 Å². The Balaban J connectivity index is 1.64. The average molecular weight is 513 g/mol. The normalized spacial score (nSPS) is 11.5. The van der Waals surface area contributed by atoms with Gasteiger partial charge < -0.3 is 10.6 Å². The number of amides is 1. The molecule has 2 heterocycles. The standard InChI is InChI=1S/C23H18ClFN6O3S/c1-14-17(31-35(33,34)15-5-3-2-4-6-15)7-8-18(22(14)25)29-23-16-11-20(30-21(32)9-10-24)26-12-19(16)27-13-28-23/h2-13,31H,1H3,(H,26,30,32)(H,27,28,29). The first-order valence-electron chi connectivity index (χ1n) is 10.1. The summed E-state index contributed by atoms with van der Waals surface area (Å²) < 4.78 is 42.9. The number of pyridine rings is 1. The number of hydrogen-bond acceptors (Lipinski definition) is 7. The molecule has 3 N–H and O–H groups in total. The number of sulfonamides is 1. The van der Waals surface area contributed by atoms with E-state index in [1.165, 1.54) is 49.8 Å². The Morgan fingerprint density at radius 2 is 1.80 bits per heavy atom. The van der Waals surface area contributed by atoms with Crippen LogP contribution in [0.25, 0.3) is 10.9 Å². The van der Waals surface area contributed by atoms with Gasteiger partial charge in [-0.05, 0) is 37.3 Å². The van der Waals surface area contributed by atoms with Crippen LogP contribution in [0.15, 0.2) is 77.6 Å². The number of nitrogens with zero attached hydrogens (tertiary/aromatic N) is 3. The van der Waals surface area contributed by atoms with Gasteiger partial charge in [0.25, 0.3) is 10.0 Å². The molecule has 0 atom stereocenters. The van der Waals surface area contributed by atoms with E-state index in [1.54, 1.807) is 18.2 Å². The number of hydrogen-bond donors (Lipinski definition) is 3. The van der Waals surface area contributed by atoms with Crippen LogP contribution in [-0.2, 0) is 14.8 Å². The van der Waals surface area contributed by atoms with Crippen LogP contribution in [-0.4, -0.2) is 29.3 Å². The van der Waals surface area contributed by atoms with E-state index < -0.39 is 21.7 Å². The predicted octanol–water partition coefficient (Wildman–Crippen LogP) is 4.71. The molecule has 178 valence electrons. The summed E-state index contributed by atoms with van der Waals surface area (Å²) >= 11 is 5.41. The molecule has 4 rings (SSSR count). The topological polar surface area (TPSA) is 126 Å². The second kappa shape index (κ2) is 10.0. The Labute approximate surface area is 205 Å². The zero-order chi connectivity index (χ0) is 25.0. The predicted molar refractivity (Wildman–Crippen MR) is 133 cm³/mol. The van der Waals surface area contributed by atoms with Crippen molar-refractivity contribution in [3.05, 3.63) is 84.0 Å². The summed E-state index contributed by atoms with van der Waals surface area (Å²) in [6, 6.07) is 12.2. The molecule has 0 unspecified atom stereocenters. The summed E-state index contributed by atoms with van der Waals surface area (Å²) in [7, 11) is -3.88. The number of benzene rings is 2. The number of carbonyl (C=O) groups is 1. The van der Waals surface area contributed by atoms with Gasteiger partial charge in [-0.25, -0.2) is 27.8 Å². The van der Waals surface area contributed by atoms with Crippen LogP contribution >= 0.6 is 11.6 Å². The van der Waals surface area contributed by atoms with Crippen molar-refractivity contribution in [1.29, 1.82) is 0 Å². The fourth-order valence-corrected chi connectivity index (χ4v) is 4.43. The second-order valence-corrected chi connectivity index (χ2v) is 9.17. The van der Waals surface area contributed by atoms with Gasteiger partial charge in [-0.3, -0.25) is 9.52 Å². The molecule has 2 aromatic carbocycles. The first-order valence-corrected chi connectivity index (χ1v) is 12.0. The molecule has 4 aromatic rings. The zero-order valence-electron chi connectivity index (χ0n) is 18.2. The van der Waals surface area contributed by atoms with Crippen molar-refractivity contribution in [2.24, 2.45) is 0 Å². The quantitative estimate of drug-likeness (QED) is 0.306. The van der Waals surface area contributed by atoms with Gasteiger partial charge in [0, 0.05) is 22.6 Å². The maximum atomic E-state index is 15.2. The van der Waals surface area contributed by atoms with Crippen LogP contribution in [0.3, 0.4) is 0 Å². The molecular formula is C23H18ClFN6O3S. The van der Waals surface area contributed by atoms with Gasteiger partial charge >= 0.3 is 0 Å². The minimum atomic E-state index is -3.88. The third-order valence-electron chi connectivity index (χ3n) is 4.92. The molecular weight excluding hydrogens is 495 g/mol. The number of nitrogens with one attached hydrogen (secondary N) is 3. The largest absolute Gasteiger partial charge is 0.337 e. The number of fused-ring (bicyclic) bond motifs is 1. The van der Waals surface area contributed by atoms with Gasteiger partial charge in [-0.15, -0.1) is 0 Å². The lowest BCUT2D eigenvalue weighted by Gasteiger charge is -2.15. The van der Waals surface area contributed by atoms with E-state index in [9.17, 15) is 13.2 Å². The van der Waals surface area contributed by atoms with Gasteiger partial charge in [-0.1, -0.05) is 29.8 Å². The van der Waals surface area contributed by atoms with Crippen LogP contribution in [0.4, 0.5) is 27.4 Å². The van der Waals surface area contributed by atoms with Crippen LogP contribution < -0.4 is 15.4 Å². The summed E-state index contributed by atoms with van der Waals surface area (Å²) in [6.07, 6.45) is 3.85. The molecule has 0 bridgehead atoms. The van der Waals surface area contributed by atoms with Crippen molar-refractivity contribution in [3.8, 4) is 0 Å². The average Bonchev–Trinajstić information content (AvgIpc) is 2.84. The summed E-state index contributed by atoms with van der Waals surface area (Å²) in [5.74, 6) is -0.664.